The van der Waals surface area contributed by atoms with Gasteiger partial charge in [-0.3, -0.25) is 0 Å². The molecule has 1 aromatic heterocycles. The summed E-state index contributed by atoms with van der Waals surface area (Å²) < 4.78 is 11.9. The van der Waals surface area contributed by atoms with Gasteiger partial charge in [-0.25, -0.2) is 4.68 Å². The molecule has 0 aliphatic heterocycles. The number of nitrogens with zero attached hydrogens (tertiary/aromatic N) is 3. The molecule has 0 radical (unpaired) electrons. The Hall–Kier alpha value is -0.650. The molecule has 1 rings (SSSR count). The molecule has 0 saturated carbocycles. The summed E-state index contributed by atoms with van der Waals surface area (Å²) in [7, 11) is 1.65. The molecule has 0 aliphatic rings. The van der Waals surface area contributed by atoms with Crippen molar-refractivity contribution in [3.05, 3.63) is 11.9 Å². The molecule has 0 aromatic carbocycles. The summed E-state index contributed by atoms with van der Waals surface area (Å²) in [5.74, 6) is 0. The third-order valence-electron chi connectivity index (χ3n) is 2.13. The van der Waals surface area contributed by atoms with Crippen LogP contribution in [0.1, 0.15) is 24.4 Å². The van der Waals surface area contributed by atoms with Crippen LogP contribution in [0.2, 0.25) is 0 Å². The van der Waals surface area contributed by atoms with Crippen molar-refractivity contribution in [2.24, 2.45) is 0 Å². The van der Waals surface area contributed by atoms with E-state index in [4.69, 9.17) is 21.1 Å². The van der Waals surface area contributed by atoms with Crippen LogP contribution in [0.4, 0.5) is 0 Å². The lowest BCUT2D eigenvalue weighted by atomic mass is 10.3. The predicted molar refractivity (Wildman–Crippen MR) is 61.6 cm³/mol. The zero-order valence-electron chi connectivity index (χ0n) is 9.73. The number of hydrogen-bond acceptors (Lipinski definition) is 4. The van der Waals surface area contributed by atoms with Crippen LogP contribution in [0.15, 0.2) is 6.20 Å². The first-order valence-corrected chi connectivity index (χ1v) is 5.82. The molecule has 16 heavy (non-hydrogen) atoms. The van der Waals surface area contributed by atoms with E-state index < -0.39 is 0 Å². The largest absolute Gasteiger partial charge is 0.382 e. The Morgan fingerprint density at radius 1 is 1.44 bits per heavy atom. The topological polar surface area (TPSA) is 49.2 Å². The van der Waals surface area contributed by atoms with Gasteiger partial charge in [-0.15, -0.1) is 16.7 Å². The van der Waals surface area contributed by atoms with Crippen LogP contribution in [0.5, 0.6) is 0 Å². The molecule has 0 saturated heterocycles. The first-order chi connectivity index (χ1) is 7.77. The zero-order valence-corrected chi connectivity index (χ0v) is 10.5. The van der Waals surface area contributed by atoms with Gasteiger partial charge in [0, 0.05) is 7.11 Å². The van der Waals surface area contributed by atoms with Gasteiger partial charge >= 0.3 is 0 Å². The van der Waals surface area contributed by atoms with Crippen LogP contribution < -0.4 is 0 Å². The van der Waals surface area contributed by atoms with E-state index >= 15 is 0 Å². The van der Waals surface area contributed by atoms with Crippen molar-refractivity contribution in [1.82, 2.24) is 15.0 Å². The standard InChI is InChI=1S/C10H18ClN3O2/c1-3-9(11)10-8-14(13-12-10)4-5-16-7-6-15-2/h8-9H,3-7H2,1-2H3. The number of hydrogen-bond donors (Lipinski definition) is 0. The first-order valence-electron chi connectivity index (χ1n) is 5.38. The van der Waals surface area contributed by atoms with E-state index in [1.165, 1.54) is 0 Å². The smallest absolute Gasteiger partial charge is 0.100 e. The quantitative estimate of drug-likeness (QED) is 0.518. The third-order valence-corrected chi connectivity index (χ3v) is 2.66. The van der Waals surface area contributed by atoms with Crippen LogP contribution in [-0.2, 0) is 16.0 Å². The van der Waals surface area contributed by atoms with E-state index in [1.54, 1.807) is 11.8 Å². The van der Waals surface area contributed by atoms with Gasteiger partial charge in [0.2, 0.25) is 0 Å². The summed E-state index contributed by atoms with van der Waals surface area (Å²) in [5, 5.41) is 7.92. The van der Waals surface area contributed by atoms with E-state index in [0.717, 1.165) is 12.1 Å². The predicted octanol–water partition coefficient (Wildman–Crippen LogP) is 1.63. The van der Waals surface area contributed by atoms with Crippen molar-refractivity contribution >= 4 is 11.6 Å². The molecular weight excluding hydrogens is 230 g/mol. The normalized spacial score (nSPS) is 12.9. The Morgan fingerprint density at radius 3 is 2.94 bits per heavy atom. The van der Waals surface area contributed by atoms with E-state index in [1.807, 2.05) is 13.1 Å². The molecule has 0 aliphatic carbocycles. The molecule has 0 amide bonds. The lowest BCUT2D eigenvalue weighted by Gasteiger charge is -2.03. The van der Waals surface area contributed by atoms with E-state index in [0.29, 0.717) is 26.4 Å². The van der Waals surface area contributed by atoms with Gasteiger partial charge in [0.1, 0.15) is 5.69 Å². The Kier molecular flexibility index (Phi) is 6.37. The average molecular weight is 248 g/mol. The van der Waals surface area contributed by atoms with Crippen LogP contribution in [0.3, 0.4) is 0 Å². The number of halogens is 1. The van der Waals surface area contributed by atoms with Crippen LogP contribution >= 0.6 is 11.6 Å². The maximum Gasteiger partial charge on any atom is 0.100 e. The van der Waals surface area contributed by atoms with Gasteiger partial charge in [-0.2, -0.15) is 0 Å². The van der Waals surface area contributed by atoms with E-state index in [2.05, 4.69) is 10.3 Å². The van der Waals surface area contributed by atoms with Crippen LogP contribution in [0, 0.1) is 0 Å². The number of alkyl halides is 1. The lowest BCUT2D eigenvalue weighted by Crippen LogP contribution is -2.09. The minimum atomic E-state index is -0.0526. The van der Waals surface area contributed by atoms with Crippen molar-refractivity contribution in [2.45, 2.75) is 25.3 Å². The van der Waals surface area contributed by atoms with Crippen molar-refractivity contribution in [3.63, 3.8) is 0 Å². The monoisotopic (exact) mass is 247 g/mol. The SMILES string of the molecule is CCC(Cl)c1cn(CCOCCOC)nn1. The molecule has 1 atom stereocenters. The number of methoxy groups -OCH3 is 1. The Balaban J connectivity index is 2.24. The second-order valence-electron chi connectivity index (χ2n) is 3.39. The van der Waals surface area contributed by atoms with Crippen LogP contribution in [0.25, 0.3) is 0 Å². The summed E-state index contributed by atoms with van der Waals surface area (Å²) in [6.07, 6.45) is 2.71. The summed E-state index contributed by atoms with van der Waals surface area (Å²) >= 11 is 6.04. The fourth-order valence-electron chi connectivity index (χ4n) is 1.18. The fourth-order valence-corrected chi connectivity index (χ4v) is 1.28. The van der Waals surface area contributed by atoms with Crippen LogP contribution in [-0.4, -0.2) is 41.9 Å². The molecule has 1 unspecified atom stereocenters. The van der Waals surface area contributed by atoms with Gasteiger partial charge in [-0.1, -0.05) is 12.1 Å². The minimum Gasteiger partial charge on any atom is -0.382 e. The Labute approximate surface area is 101 Å². The summed E-state index contributed by atoms with van der Waals surface area (Å²) in [6.45, 7) is 4.52. The Bertz CT molecular complexity index is 293. The molecule has 0 fully saturated rings. The number of ether oxygens (including phenoxy) is 2. The summed E-state index contributed by atoms with van der Waals surface area (Å²) in [6, 6.07) is 0. The summed E-state index contributed by atoms with van der Waals surface area (Å²) in [4.78, 5) is 0. The average Bonchev–Trinajstić information content (AvgIpc) is 2.76. The highest BCUT2D eigenvalue weighted by molar-refractivity contribution is 6.20. The molecule has 5 nitrogen and oxygen atoms in total. The van der Waals surface area contributed by atoms with Crippen molar-refractivity contribution in [2.75, 3.05) is 26.9 Å². The van der Waals surface area contributed by atoms with Gasteiger partial charge < -0.3 is 9.47 Å². The van der Waals surface area contributed by atoms with Gasteiger partial charge in [-0.05, 0) is 6.42 Å². The molecule has 1 heterocycles. The maximum atomic E-state index is 6.04. The molecule has 0 bridgehead atoms. The highest BCUT2D eigenvalue weighted by Crippen LogP contribution is 2.20. The highest BCUT2D eigenvalue weighted by Gasteiger charge is 2.09. The molecule has 0 N–H and O–H groups in total. The molecule has 92 valence electrons. The fraction of sp³-hybridized carbons (Fsp3) is 0.800. The van der Waals surface area contributed by atoms with Gasteiger partial charge in [0.25, 0.3) is 0 Å². The second kappa shape index (κ2) is 7.60. The van der Waals surface area contributed by atoms with Gasteiger partial charge in [0.05, 0.1) is 37.9 Å². The summed E-state index contributed by atoms with van der Waals surface area (Å²) in [5.41, 5.74) is 0.820. The van der Waals surface area contributed by atoms with E-state index in [9.17, 15) is 0 Å². The molecule has 1 aromatic rings. The molecule has 0 spiro atoms. The second-order valence-corrected chi connectivity index (χ2v) is 3.91. The minimum absolute atomic E-state index is 0.0526. The van der Waals surface area contributed by atoms with Gasteiger partial charge in [0.15, 0.2) is 0 Å². The first kappa shape index (κ1) is 13.4. The Morgan fingerprint density at radius 2 is 2.25 bits per heavy atom. The molecular formula is C10H18ClN3O2. The highest BCUT2D eigenvalue weighted by atomic mass is 35.5. The van der Waals surface area contributed by atoms with Crippen molar-refractivity contribution in [1.29, 1.82) is 0 Å². The lowest BCUT2D eigenvalue weighted by molar-refractivity contribution is 0.0652. The van der Waals surface area contributed by atoms with Crippen molar-refractivity contribution in [3.8, 4) is 0 Å². The number of aromatic nitrogens is 3. The molecule has 6 heteroatoms. The third kappa shape index (κ3) is 4.47. The number of rotatable bonds is 8. The maximum absolute atomic E-state index is 6.04. The van der Waals surface area contributed by atoms with E-state index in [-0.39, 0.29) is 5.38 Å². The van der Waals surface area contributed by atoms with Crippen molar-refractivity contribution < 1.29 is 9.47 Å². The zero-order chi connectivity index (χ0) is 11.8.